The molecule has 1 atom stereocenters. The SMILES string of the molecule is CCOc1ccc(CC2CCCNC2)cc1Cl. The third-order valence-electron chi connectivity index (χ3n) is 3.22. The van der Waals surface area contributed by atoms with Crippen molar-refractivity contribution in [2.24, 2.45) is 5.92 Å². The number of ether oxygens (including phenoxy) is 1. The average Bonchev–Trinajstić information content (AvgIpc) is 2.34. The van der Waals surface area contributed by atoms with Crippen LogP contribution in [0.4, 0.5) is 0 Å². The fourth-order valence-corrected chi connectivity index (χ4v) is 2.63. The summed E-state index contributed by atoms with van der Waals surface area (Å²) in [7, 11) is 0. The van der Waals surface area contributed by atoms with Crippen molar-refractivity contribution in [3.8, 4) is 5.75 Å². The Bertz CT molecular complexity index is 361. The molecule has 94 valence electrons. The summed E-state index contributed by atoms with van der Waals surface area (Å²) in [6, 6.07) is 6.16. The molecule has 1 aliphatic heterocycles. The summed E-state index contributed by atoms with van der Waals surface area (Å²) >= 11 is 6.19. The highest BCUT2D eigenvalue weighted by Gasteiger charge is 2.14. The lowest BCUT2D eigenvalue weighted by Gasteiger charge is -2.22. The van der Waals surface area contributed by atoms with Crippen LogP contribution in [-0.4, -0.2) is 19.7 Å². The van der Waals surface area contributed by atoms with Gasteiger partial charge in [-0.1, -0.05) is 17.7 Å². The molecule has 3 heteroatoms. The van der Waals surface area contributed by atoms with E-state index in [-0.39, 0.29) is 0 Å². The molecule has 1 aromatic carbocycles. The maximum Gasteiger partial charge on any atom is 0.137 e. The maximum atomic E-state index is 6.19. The molecule has 0 bridgehead atoms. The fourth-order valence-electron chi connectivity index (χ4n) is 2.38. The van der Waals surface area contributed by atoms with E-state index in [0.29, 0.717) is 6.61 Å². The van der Waals surface area contributed by atoms with Gasteiger partial charge < -0.3 is 10.1 Å². The molecule has 0 radical (unpaired) electrons. The maximum absolute atomic E-state index is 6.19. The van der Waals surface area contributed by atoms with Gasteiger partial charge in [-0.3, -0.25) is 0 Å². The molecule has 17 heavy (non-hydrogen) atoms. The summed E-state index contributed by atoms with van der Waals surface area (Å²) in [6.45, 7) is 4.93. The van der Waals surface area contributed by atoms with Gasteiger partial charge in [0.05, 0.1) is 11.6 Å². The Balaban J connectivity index is 1.98. The molecule has 2 nitrogen and oxygen atoms in total. The summed E-state index contributed by atoms with van der Waals surface area (Å²) in [5, 5.41) is 4.17. The molecule has 0 aliphatic carbocycles. The minimum absolute atomic E-state index is 0.658. The first kappa shape index (κ1) is 12.7. The van der Waals surface area contributed by atoms with Crippen molar-refractivity contribution in [3.05, 3.63) is 28.8 Å². The van der Waals surface area contributed by atoms with Gasteiger partial charge in [0, 0.05) is 0 Å². The molecule has 1 heterocycles. The molecule has 1 unspecified atom stereocenters. The first-order valence-electron chi connectivity index (χ1n) is 6.41. The van der Waals surface area contributed by atoms with Crippen LogP contribution in [0.5, 0.6) is 5.75 Å². The van der Waals surface area contributed by atoms with Gasteiger partial charge in [-0.05, 0) is 62.9 Å². The molecule has 1 fully saturated rings. The van der Waals surface area contributed by atoms with Crippen LogP contribution >= 0.6 is 11.6 Å². The molecule has 2 rings (SSSR count). The van der Waals surface area contributed by atoms with E-state index >= 15 is 0 Å². The highest BCUT2D eigenvalue weighted by molar-refractivity contribution is 6.32. The molecule has 0 saturated carbocycles. The van der Waals surface area contributed by atoms with Crippen molar-refractivity contribution in [3.63, 3.8) is 0 Å². The Morgan fingerprint density at radius 3 is 3.00 bits per heavy atom. The second kappa shape index (κ2) is 6.27. The normalized spacial score (nSPS) is 20.2. The van der Waals surface area contributed by atoms with Crippen LogP contribution in [0.2, 0.25) is 5.02 Å². The van der Waals surface area contributed by atoms with Crippen molar-refractivity contribution >= 4 is 11.6 Å². The molecule has 1 aromatic rings. The van der Waals surface area contributed by atoms with Crippen molar-refractivity contribution < 1.29 is 4.74 Å². The zero-order chi connectivity index (χ0) is 12.1. The van der Waals surface area contributed by atoms with E-state index in [9.17, 15) is 0 Å². The summed E-state index contributed by atoms with van der Waals surface area (Å²) in [5.74, 6) is 1.54. The minimum atomic E-state index is 0.658. The van der Waals surface area contributed by atoms with Crippen molar-refractivity contribution in [2.75, 3.05) is 19.7 Å². The molecule has 1 aliphatic rings. The Labute approximate surface area is 108 Å². The van der Waals surface area contributed by atoms with Gasteiger partial charge in [0.25, 0.3) is 0 Å². The Hall–Kier alpha value is -0.730. The third kappa shape index (κ3) is 3.62. The zero-order valence-electron chi connectivity index (χ0n) is 10.3. The molecular weight excluding hydrogens is 234 g/mol. The van der Waals surface area contributed by atoms with Crippen LogP contribution in [0.15, 0.2) is 18.2 Å². The quantitative estimate of drug-likeness (QED) is 0.889. The van der Waals surface area contributed by atoms with Gasteiger partial charge in [0.1, 0.15) is 5.75 Å². The lowest BCUT2D eigenvalue weighted by atomic mass is 9.92. The smallest absolute Gasteiger partial charge is 0.137 e. The lowest BCUT2D eigenvalue weighted by molar-refractivity contribution is 0.340. The van der Waals surface area contributed by atoms with Gasteiger partial charge in [0.15, 0.2) is 0 Å². The number of hydrogen-bond acceptors (Lipinski definition) is 2. The summed E-state index contributed by atoms with van der Waals surface area (Å²) < 4.78 is 5.44. The summed E-state index contributed by atoms with van der Waals surface area (Å²) in [5.41, 5.74) is 1.31. The molecule has 0 spiro atoms. The van der Waals surface area contributed by atoms with Gasteiger partial charge in [-0.25, -0.2) is 0 Å². The zero-order valence-corrected chi connectivity index (χ0v) is 11.1. The van der Waals surface area contributed by atoms with Gasteiger partial charge >= 0.3 is 0 Å². The standard InChI is InChI=1S/C14H20ClNO/c1-2-17-14-6-5-11(9-13(14)15)8-12-4-3-7-16-10-12/h5-6,9,12,16H,2-4,7-8,10H2,1H3. The summed E-state index contributed by atoms with van der Waals surface area (Å²) in [6.07, 6.45) is 3.71. The predicted molar refractivity (Wildman–Crippen MR) is 71.9 cm³/mol. The minimum Gasteiger partial charge on any atom is -0.492 e. The van der Waals surface area contributed by atoms with Crippen LogP contribution in [0.1, 0.15) is 25.3 Å². The number of halogens is 1. The van der Waals surface area contributed by atoms with Crippen LogP contribution in [-0.2, 0) is 6.42 Å². The highest BCUT2D eigenvalue weighted by atomic mass is 35.5. The Morgan fingerprint density at radius 1 is 1.47 bits per heavy atom. The number of benzene rings is 1. The number of nitrogens with one attached hydrogen (secondary N) is 1. The second-order valence-electron chi connectivity index (χ2n) is 4.61. The largest absolute Gasteiger partial charge is 0.492 e. The van der Waals surface area contributed by atoms with E-state index in [0.717, 1.165) is 29.7 Å². The van der Waals surface area contributed by atoms with Gasteiger partial charge in [0.2, 0.25) is 0 Å². The van der Waals surface area contributed by atoms with Crippen molar-refractivity contribution in [2.45, 2.75) is 26.2 Å². The number of hydrogen-bond donors (Lipinski definition) is 1. The predicted octanol–water partition coefficient (Wildman–Crippen LogP) is 3.28. The van der Waals surface area contributed by atoms with Crippen LogP contribution in [0, 0.1) is 5.92 Å². The van der Waals surface area contributed by atoms with E-state index in [4.69, 9.17) is 16.3 Å². The fraction of sp³-hybridized carbons (Fsp3) is 0.571. The van der Waals surface area contributed by atoms with Crippen molar-refractivity contribution in [1.82, 2.24) is 5.32 Å². The van der Waals surface area contributed by atoms with E-state index in [1.165, 1.54) is 24.9 Å². The van der Waals surface area contributed by atoms with Crippen LogP contribution in [0.3, 0.4) is 0 Å². The topological polar surface area (TPSA) is 21.3 Å². The highest BCUT2D eigenvalue weighted by Crippen LogP contribution is 2.27. The summed E-state index contributed by atoms with van der Waals surface area (Å²) in [4.78, 5) is 0. The first-order valence-corrected chi connectivity index (χ1v) is 6.79. The molecule has 1 N–H and O–H groups in total. The second-order valence-corrected chi connectivity index (χ2v) is 5.02. The number of rotatable bonds is 4. The molecular formula is C14H20ClNO. The average molecular weight is 254 g/mol. The Kier molecular flexibility index (Phi) is 4.69. The molecule has 1 saturated heterocycles. The first-order chi connectivity index (χ1) is 8.29. The van der Waals surface area contributed by atoms with E-state index in [1.807, 2.05) is 19.1 Å². The van der Waals surface area contributed by atoms with Gasteiger partial charge in [-0.15, -0.1) is 0 Å². The van der Waals surface area contributed by atoms with Crippen molar-refractivity contribution in [1.29, 1.82) is 0 Å². The third-order valence-corrected chi connectivity index (χ3v) is 3.51. The van der Waals surface area contributed by atoms with E-state index in [1.54, 1.807) is 0 Å². The monoisotopic (exact) mass is 253 g/mol. The van der Waals surface area contributed by atoms with E-state index < -0.39 is 0 Å². The Morgan fingerprint density at radius 2 is 2.35 bits per heavy atom. The van der Waals surface area contributed by atoms with E-state index in [2.05, 4.69) is 11.4 Å². The molecule has 0 aromatic heterocycles. The van der Waals surface area contributed by atoms with Gasteiger partial charge in [-0.2, -0.15) is 0 Å². The molecule has 0 amide bonds. The van der Waals surface area contributed by atoms with Crippen LogP contribution in [0.25, 0.3) is 0 Å². The number of piperidine rings is 1. The lowest BCUT2D eigenvalue weighted by Crippen LogP contribution is -2.30. The van der Waals surface area contributed by atoms with Crippen LogP contribution < -0.4 is 10.1 Å².